The first-order valence-electron chi connectivity index (χ1n) is 6.46. The van der Waals surface area contributed by atoms with E-state index >= 15 is 0 Å². The van der Waals surface area contributed by atoms with E-state index in [4.69, 9.17) is 5.26 Å². The lowest BCUT2D eigenvalue weighted by Gasteiger charge is -2.17. The molecule has 0 spiro atoms. The molecule has 4 heteroatoms. The molecule has 0 heterocycles. The minimum atomic E-state index is -0.866. The lowest BCUT2D eigenvalue weighted by Crippen LogP contribution is -2.41. The molecular formula is C16H19BrN2O. The number of hydrogen-bond donors (Lipinski definition) is 1. The number of nitriles is 1. The van der Waals surface area contributed by atoms with Gasteiger partial charge in [-0.1, -0.05) is 41.9 Å². The number of halogens is 1. The van der Waals surface area contributed by atoms with Crippen molar-refractivity contribution in [3.63, 3.8) is 0 Å². The fourth-order valence-electron chi connectivity index (χ4n) is 1.74. The third-order valence-corrected chi connectivity index (χ3v) is 3.33. The Morgan fingerprint density at radius 1 is 1.35 bits per heavy atom. The van der Waals surface area contributed by atoms with Crippen LogP contribution in [0.4, 0.5) is 0 Å². The molecule has 0 aliphatic carbocycles. The van der Waals surface area contributed by atoms with E-state index < -0.39 is 5.54 Å². The number of rotatable bonds is 4. The fourth-order valence-corrected chi connectivity index (χ4v) is 2.00. The summed E-state index contributed by atoms with van der Waals surface area (Å²) in [6.07, 6.45) is 1.58. The Hall–Kier alpha value is -1.60. The third-order valence-electron chi connectivity index (χ3n) is 2.80. The van der Waals surface area contributed by atoms with Gasteiger partial charge in [-0.3, -0.25) is 4.79 Å². The maximum atomic E-state index is 12.0. The second-order valence-electron chi connectivity index (χ2n) is 5.49. The highest BCUT2D eigenvalue weighted by Gasteiger charge is 2.19. The molecule has 0 saturated carbocycles. The summed E-state index contributed by atoms with van der Waals surface area (Å²) in [7, 11) is 0. The molecule has 20 heavy (non-hydrogen) atoms. The van der Waals surface area contributed by atoms with Crippen molar-refractivity contribution in [2.24, 2.45) is 5.92 Å². The van der Waals surface area contributed by atoms with Gasteiger partial charge in [0.15, 0.2) is 0 Å². The van der Waals surface area contributed by atoms with Crippen molar-refractivity contribution in [2.75, 3.05) is 0 Å². The highest BCUT2D eigenvalue weighted by molar-refractivity contribution is 9.10. The minimum Gasteiger partial charge on any atom is -0.335 e. The van der Waals surface area contributed by atoms with Crippen LogP contribution in [-0.4, -0.2) is 11.4 Å². The van der Waals surface area contributed by atoms with E-state index in [1.165, 1.54) is 0 Å². The van der Waals surface area contributed by atoms with E-state index in [0.29, 0.717) is 0 Å². The Labute approximate surface area is 128 Å². The van der Waals surface area contributed by atoms with Crippen LogP contribution in [0.15, 0.2) is 34.8 Å². The molecule has 106 valence electrons. The minimum absolute atomic E-state index is 0.215. The molecule has 1 amide bonds. The van der Waals surface area contributed by atoms with Gasteiger partial charge in [-0.05, 0) is 43.0 Å². The number of amides is 1. The van der Waals surface area contributed by atoms with E-state index in [-0.39, 0.29) is 11.8 Å². The van der Waals surface area contributed by atoms with Gasteiger partial charge in [0.25, 0.3) is 0 Å². The SMILES string of the molecule is CC(C)/C(=C\C(=O)NC(C)(C)C#N)c1ccc(Br)cc1. The van der Waals surface area contributed by atoms with Gasteiger partial charge in [-0.2, -0.15) is 5.26 Å². The summed E-state index contributed by atoms with van der Waals surface area (Å²) in [6, 6.07) is 9.89. The van der Waals surface area contributed by atoms with Crippen LogP contribution in [0.5, 0.6) is 0 Å². The van der Waals surface area contributed by atoms with Crippen LogP contribution in [0.2, 0.25) is 0 Å². The van der Waals surface area contributed by atoms with Crippen molar-refractivity contribution < 1.29 is 4.79 Å². The second-order valence-corrected chi connectivity index (χ2v) is 6.40. The van der Waals surface area contributed by atoms with E-state index in [1.807, 2.05) is 38.1 Å². The topological polar surface area (TPSA) is 52.9 Å². The zero-order valence-electron chi connectivity index (χ0n) is 12.2. The zero-order chi connectivity index (χ0) is 15.3. The molecule has 0 fully saturated rings. The first-order valence-corrected chi connectivity index (χ1v) is 7.25. The van der Waals surface area contributed by atoms with Crippen molar-refractivity contribution in [1.82, 2.24) is 5.32 Å². The van der Waals surface area contributed by atoms with Gasteiger partial charge in [0, 0.05) is 10.5 Å². The summed E-state index contributed by atoms with van der Waals surface area (Å²) in [4.78, 5) is 12.0. The van der Waals surface area contributed by atoms with Gasteiger partial charge in [-0.15, -0.1) is 0 Å². The van der Waals surface area contributed by atoms with Crippen LogP contribution in [0.3, 0.4) is 0 Å². The van der Waals surface area contributed by atoms with Crippen LogP contribution in [0.1, 0.15) is 33.3 Å². The van der Waals surface area contributed by atoms with Crippen LogP contribution < -0.4 is 5.32 Å². The summed E-state index contributed by atoms with van der Waals surface area (Å²) in [5.74, 6) is -0.0321. The van der Waals surface area contributed by atoms with Crippen molar-refractivity contribution in [1.29, 1.82) is 5.26 Å². The monoisotopic (exact) mass is 334 g/mol. The number of allylic oxidation sites excluding steroid dienone is 1. The number of hydrogen-bond acceptors (Lipinski definition) is 2. The molecule has 1 N–H and O–H groups in total. The van der Waals surface area contributed by atoms with Gasteiger partial charge in [0.1, 0.15) is 5.54 Å². The predicted molar refractivity (Wildman–Crippen MR) is 84.8 cm³/mol. The van der Waals surface area contributed by atoms with E-state index in [2.05, 4.69) is 27.3 Å². The van der Waals surface area contributed by atoms with Gasteiger partial charge in [-0.25, -0.2) is 0 Å². The van der Waals surface area contributed by atoms with Crippen molar-refractivity contribution in [2.45, 2.75) is 33.2 Å². The molecule has 0 aromatic heterocycles. The van der Waals surface area contributed by atoms with Crippen molar-refractivity contribution >= 4 is 27.4 Å². The number of benzene rings is 1. The Kier molecular flexibility index (Phi) is 5.52. The molecule has 0 aliphatic rings. The Morgan fingerprint density at radius 3 is 2.35 bits per heavy atom. The summed E-state index contributed by atoms with van der Waals surface area (Å²) in [5.41, 5.74) is 1.09. The number of nitrogens with one attached hydrogen (secondary N) is 1. The van der Waals surface area contributed by atoms with Crippen LogP contribution in [-0.2, 0) is 4.79 Å². The Morgan fingerprint density at radius 2 is 1.90 bits per heavy atom. The number of carbonyl (C=O) groups excluding carboxylic acids is 1. The summed E-state index contributed by atoms with van der Waals surface area (Å²) >= 11 is 3.40. The molecule has 0 unspecified atom stereocenters. The zero-order valence-corrected chi connectivity index (χ0v) is 13.8. The second kappa shape index (κ2) is 6.71. The first-order chi connectivity index (χ1) is 9.25. The largest absolute Gasteiger partial charge is 0.335 e. The van der Waals surface area contributed by atoms with Crippen LogP contribution >= 0.6 is 15.9 Å². The lowest BCUT2D eigenvalue weighted by atomic mass is 9.94. The molecule has 0 saturated heterocycles. The Bertz CT molecular complexity index is 551. The van der Waals surface area contributed by atoms with Gasteiger partial charge >= 0.3 is 0 Å². The van der Waals surface area contributed by atoms with Crippen LogP contribution in [0.25, 0.3) is 5.57 Å². The highest BCUT2D eigenvalue weighted by atomic mass is 79.9. The highest BCUT2D eigenvalue weighted by Crippen LogP contribution is 2.24. The van der Waals surface area contributed by atoms with E-state index in [9.17, 15) is 4.79 Å². The molecule has 1 aromatic carbocycles. The molecule has 3 nitrogen and oxygen atoms in total. The maximum Gasteiger partial charge on any atom is 0.245 e. The average molecular weight is 335 g/mol. The lowest BCUT2D eigenvalue weighted by molar-refractivity contribution is -0.117. The molecule has 0 atom stereocenters. The van der Waals surface area contributed by atoms with Gasteiger partial charge < -0.3 is 5.32 Å². The van der Waals surface area contributed by atoms with Crippen molar-refractivity contribution in [3.8, 4) is 6.07 Å². The molecule has 0 aliphatic heterocycles. The predicted octanol–water partition coefficient (Wildman–Crippen LogP) is 3.91. The molecule has 1 aromatic rings. The molecule has 1 rings (SSSR count). The first kappa shape index (κ1) is 16.5. The number of carbonyl (C=O) groups is 1. The quantitative estimate of drug-likeness (QED) is 0.848. The van der Waals surface area contributed by atoms with Crippen molar-refractivity contribution in [3.05, 3.63) is 40.4 Å². The molecule has 0 bridgehead atoms. The van der Waals surface area contributed by atoms with Gasteiger partial charge in [0.05, 0.1) is 6.07 Å². The maximum absolute atomic E-state index is 12.0. The smallest absolute Gasteiger partial charge is 0.245 e. The molecular weight excluding hydrogens is 316 g/mol. The average Bonchev–Trinajstić information content (AvgIpc) is 2.36. The standard InChI is InChI=1S/C16H19BrN2O/c1-11(2)14(12-5-7-13(17)8-6-12)9-15(20)19-16(3,4)10-18/h5-9,11H,1-4H3,(H,19,20)/b14-9+. The summed E-state index contributed by atoms with van der Waals surface area (Å²) < 4.78 is 0.999. The summed E-state index contributed by atoms with van der Waals surface area (Å²) in [6.45, 7) is 7.42. The van der Waals surface area contributed by atoms with Crippen LogP contribution in [0, 0.1) is 17.2 Å². The Balaban J connectivity index is 3.03. The summed E-state index contributed by atoms with van der Waals surface area (Å²) in [5, 5.41) is 11.6. The number of nitrogens with zero attached hydrogens (tertiary/aromatic N) is 1. The van der Waals surface area contributed by atoms with E-state index in [0.717, 1.165) is 15.6 Å². The fraction of sp³-hybridized carbons (Fsp3) is 0.375. The van der Waals surface area contributed by atoms with Gasteiger partial charge in [0.2, 0.25) is 5.91 Å². The third kappa shape index (κ3) is 4.82. The van der Waals surface area contributed by atoms with E-state index in [1.54, 1.807) is 19.9 Å². The molecule has 0 radical (unpaired) electrons. The normalized spacial score (nSPS) is 12.2.